The van der Waals surface area contributed by atoms with E-state index < -0.39 is 5.41 Å². The largest absolute Gasteiger partial charge is 0.392 e. The first-order valence-electron chi connectivity index (χ1n) is 5.79. The molecule has 0 unspecified atom stereocenters. The van der Waals surface area contributed by atoms with Crippen molar-refractivity contribution in [3.8, 4) is 0 Å². The summed E-state index contributed by atoms with van der Waals surface area (Å²) in [7, 11) is 0. The highest BCUT2D eigenvalue weighted by Gasteiger charge is 2.46. The average Bonchev–Trinajstić information content (AvgIpc) is 2.15. The molecule has 0 aromatic heterocycles. The molecule has 1 aliphatic rings. The molecule has 1 saturated carbocycles. The zero-order chi connectivity index (χ0) is 12.0. The fourth-order valence-corrected chi connectivity index (χ4v) is 2.10. The lowest BCUT2D eigenvalue weighted by atomic mass is 9.68. The van der Waals surface area contributed by atoms with Gasteiger partial charge in [0.05, 0.1) is 10.4 Å². The molecule has 0 spiro atoms. The Morgan fingerprint density at radius 1 is 1.56 bits per heavy atom. The third kappa shape index (κ3) is 2.92. The van der Waals surface area contributed by atoms with Gasteiger partial charge < -0.3 is 15.8 Å². The second-order valence-corrected chi connectivity index (χ2v) is 4.55. The zero-order valence-corrected chi connectivity index (χ0v) is 10.6. The summed E-state index contributed by atoms with van der Waals surface area (Å²) in [6, 6.07) is 0. The maximum atomic E-state index is 11.9. The normalized spacial score (nSPS) is 17.6. The Hall–Kier alpha value is -0.680. The van der Waals surface area contributed by atoms with Gasteiger partial charge in [-0.05, 0) is 26.2 Å². The molecule has 3 N–H and O–H groups in total. The molecule has 0 aromatic carbocycles. The first-order chi connectivity index (χ1) is 7.63. The SMILES string of the molecule is CCOCCCNC(=O)C1(C(N)=S)CCC1. The smallest absolute Gasteiger partial charge is 0.233 e. The highest BCUT2D eigenvalue weighted by atomic mass is 32.1. The van der Waals surface area contributed by atoms with Gasteiger partial charge in [0.2, 0.25) is 5.91 Å². The first kappa shape index (κ1) is 13.4. The molecule has 0 atom stereocenters. The predicted octanol–water partition coefficient (Wildman–Crippen LogP) is 0.986. The number of rotatable bonds is 7. The van der Waals surface area contributed by atoms with Crippen molar-refractivity contribution in [1.29, 1.82) is 0 Å². The molecule has 0 saturated heterocycles. The minimum atomic E-state index is -0.555. The van der Waals surface area contributed by atoms with E-state index in [0.29, 0.717) is 24.7 Å². The van der Waals surface area contributed by atoms with Crippen LogP contribution in [-0.4, -0.2) is 30.7 Å². The van der Waals surface area contributed by atoms with Gasteiger partial charge in [0, 0.05) is 19.8 Å². The highest BCUT2D eigenvalue weighted by molar-refractivity contribution is 7.80. The number of ether oxygens (including phenoxy) is 1. The van der Waals surface area contributed by atoms with Gasteiger partial charge in [0.1, 0.15) is 0 Å². The van der Waals surface area contributed by atoms with Gasteiger partial charge in [0.15, 0.2) is 0 Å². The topological polar surface area (TPSA) is 64.3 Å². The summed E-state index contributed by atoms with van der Waals surface area (Å²) in [5, 5.41) is 2.88. The molecule has 0 radical (unpaired) electrons. The van der Waals surface area contributed by atoms with Crippen molar-refractivity contribution in [2.24, 2.45) is 11.1 Å². The second kappa shape index (κ2) is 6.15. The van der Waals surface area contributed by atoms with Gasteiger partial charge in [-0.25, -0.2) is 0 Å². The van der Waals surface area contributed by atoms with Gasteiger partial charge >= 0.3 is 0 Å². The minimum Gasteiger partial charge on any atom is -0.392 e. The first-order valence-corrected chi connectivity index (χ1v) is 6.20. The Morgan fingerprint density at radius 2 is 2.25 bits per heavy atom. The highest BCUT2D eigenvalue weighted by Crippen LogP contribution is 2.41. The molecular weight excluding hydrogens is 224 g/mol. The molecule has 1 amide bonds. The van der Waals surface area contributed by atoms with E-state index in [9.17, 15) is 4.79 Å². The van der Waals surface area contributed by atoms with Crippen molar-refractivity contribution in [3.63, 3.8) is 0 Å². The molecule has 0 heterocycles. The van der Waals surface area contributed by atoms with Gasteiger partial charge in [0.25, 0.3) is 0 Å². The lowest BCUT2D eigenvalue weighted by Gasteiger charge is -2.39. The lowest BCUT2D eigenvalue weighted by molar-refractivity contribution is -0.130. The van der Waals surface area contributed by atoms with Crippen molar-refractivity contribution in [2.75, 3.05) is 19.8 Å². The molecule has 5 heteroatoms. The number of hydrogen-bond acceptors (Lipinski definition) is 3. The molecule has 0 aliphatic heterocycles. The van der Waals surface area contributed by atoms with Crippen LogP contribution in [0.1, 0.15) is 32.6 Å². The fourth-order valence-electron chi connectivity index (χ4n) is 1.81. The van der Waals surface area contributed by atoms with Crippen molar-refractivity contribution in [3.05, 3.63) is 0 Å². The average molecular weight is 244 g/mol. The van der Waals surface area contributed by atoms with Crippen LogP contribution in [0.3, 0.4) is 0 Å². The molecule has 1 rings (SSSR count). The molecule has 4 nitrogen and oxygen atoms in total. The summed E-state index contributed by atoms with van der Waals surface area (Å²) in [5.74, 6) is -0.0113. The van der Waals surface area contributed by atoms with Gasteiger partial charge in [-0.1, -0.05) is 18.6 Å². The minimum absolute atomic E-state index is 0.0113. The van der Waals surface area contributed by atoms with Crippen LogP contribution >= 0.6 is 12.2 Å². The predicted molar refractivity (Wildman–Crippen MR) is 67.2 cm³/mol. The standard InChI is InChI=1S/C11H20N2O2S/c1-2-15-8-4-7-13-10(14)11(9(12)16)5-3-6-11/h2-8H2,1H3,(H2,12,16)(H,13,14). The summed E-state index contributed by atoms with van der Waals surface area (Å²) in [5.41, 5.74) is 5.08. The van der Waals surface area contributed by atoms with Crippen LogP contribution in [0.4, 0.5) is 0 Å². The van der Waals surface area contributed by atoms with E-state index in [0.717, 1.165) is 25.7 Å². The van der Waals surface area contributed by atoms with Gasteiger partial charge in [-0.15, -0.1) is 0 Å². The van der Waals surface area contributed by atoms with E-state index in [1.807, 2.05) is 6.92 Å². The Bertz CT molecular complexity index is 265. The van der Waals surface area contributed by atoms with E-state index >= 15 is 0 Å². The summed E-state index contributed by atoms with van der Waals surface area (Å²) in [4.78, 5) is 12.2. The van der Waals surface area contributed by atoms with E-state index in [1.54, 1.807) is 0 Å². The molecule has 0 bridgehead atoms. The number of thiocarbonyl (C=S) groups is 1. The van der Waals surface area contributed by atoms with Crippen LogP contribution in [0, 0.1) is 5.41 Å². The van der Waals surface area contributed by atoms with Crippen LogP contribution in [-0.2, 0) is 9.53 Å². The Labute approximate surface area is 102 Å². The molecule has 1 fully saturated rings. The monoisotopic (exact) mass is 244 g/mol. The number of nitrogens with one attached hydrogen (secondary N) is 1. The van der Waals surface area contributed by atoms with Crippen LogP contribution in [0.25, 0.3) is 0 Å². The Morgan fingerprint density at radius 3 is 2.69 bits per heavy atom. The zero-order valence-electron chi connectivity index (χ0n) is 9.75. The Balaban J connectivity index is 2.26. The summed E-state index contributed by atoms with van der Waals surface area (Å²) < 4.78 is 5.19. The summed E-state index contributed by atoms with van der Waals surface area (Å²) in [6.45, 7) is 3.97. The van der Waals surface area contributed by atoms with Gasteiger partial charge in [-0.2, -0.15) is 0 Å². The third-order valence-electron chi connectivity index (χ3n) is 3.07. The van der Waals surface area contributed by atoms with E-state index in [4.69, 9.17) is 22.7 Å². The molecule has 0 aromatic rings. The number of nitrogens with two attached hydrogens (primary N) is 1. The maximum Gasteiger partial charge on any atom is 0.233 e. The Kier molecular flexibility index (Phi) is 5.15. The second-order valence-electron chi connectivity index (χ2n) is 4.11. The van der Waals surface area contributed by atoms with Crippen molar-refractivity contribution in [1.82, 2.24) is 5.32 Å². The quantitative estimate of drug-likeness (QED) is 0.518. The number of hydrogen-bond donors (Lipinski definition) is 2. The lowest BCUT2D eigenvalue weighted by Crippen LogP contribution is -2.53. The van der Waals surface area contributed by atoms with Crippen molar-refractivity contribution >= 4 is 23.1 Å². The van der Waals surface area contributed by atoms with Crippen LogP contribution in [0.2, 0.25) is 0 Å². The molecule has 16 heavy (non-hydrogen) atoms. The van der Waals surface area contributed by atoms with Crippen LogP contribution in [0.5, 0.6) is 0 Å². The third-order valence-corrected chi connectivity index (χ3v) is 3.46. The number of amides is 1. The number of carbonyl (C=O) groups is 1. The molecule has 92 valence electrons. The van der Waals surface area contributed by atoms with Crippen molar-refractivity contribution < 1.29 is 9.53 Å². The maximum absolute atomic E-state index is 11.9. The van der Waals surface area contributed by atoms with Gasteiger partial charge in [-0.3, -0.25) is 4.79 Å². The fraction of sp³-hybridized carbons (Fsp3) is 0.818. The van der Waals surface area contributed by atoms with E-state index in [-0.39, 0.29) is 5.91 Å². The molecular formula is C11H20N2O2S. The number of carbonyl (C=O) groups excluding carboxylic acids is 1. The van der Waals surface area contributed by atoms with Crippen LogP contribution < -0.4 is 11.1 Å². The van der Waals surface area contributed by atoms with Crippen molar-refractivity contribution in [2.45, 2.75) is 32.6 Å². The van der Waals surface area contributed by atoms with E-state index in [1.165, 1.54) is 0 Å². The molecule has 1 aliphatic carbocycles. The van der Waals surface area contributed by atoms with E-state index in [2.05, 4.69) is 5.32 Å². The summed E-state index contributed by atoms with van der Waals surface area (Å²) in [6.07, 6.45) is 3.44. The van der Waals surface area contributed by atoms with Crippen LogP contribution in [0.15, 0.2) is 0 Å². The summed E-state index contributed by atoms with van der Waals surface area (Å²) >= 11 is 4.97.